The molecule has 8 atom stereocenters. The van der Waals surface area contributed by atoms with Crippen LogP contribution < -0.4 is 0 Å². The molecule has 1 N–H and O–H groups in total. The summed E-state index contributed by atoms with van der Waals surface area (Å²) in [6.07, 6.45) is 14.1. The van der Waals surface area contributed by atoms with E-state index in [9.17, 15) is 14.4 Å². The Morgan fingerprint density at radius 3 is 2.30 bits per heavy atom. The van der Waals surface area contributed by atoms with Crippen molar-refractivity contribution in [1.82, 2.24) is 0 Å². The van der Waals surface area contributed by atoms with Crippen LogP contribution in [0.5, 0.6) is 0 Å². The molecule has 0 amide bonds. The Hall–Kier alpha value is -1.45. The fourth-order valence-corrected chi connectivity index (χ4v) is 10.8. The van der Waals surface area contributed by atoms with Crippen molar-refractivity contribution < 1.29 is 19.5 Å². The summed E-state index contributed by atoms with van der Waals surface area (Å²) in [5.41, 5.74) is -0.00309. The van der Waals surface area contributed by atoms with Gasteiger partial charge in [0.2, 0.25) is 0 Å². The quantitative estimate of drug-likeness (QED) is 0.513. The van der Waals surface area contributed by atoms with Gasteiger partial charge in [-0.05, 0) is 104 Å². The van der Waals surface area contributed by atoms with E-state index in [1.807, 2.05) is 0 Å². The van der Waals surface area contributed by atoms with E-state index in [2.05, 4.69) is 27.7 Å². The number of carboxylic acid groups (broad SMARTS) is 1. The standard InChI is InChI=1S/C29H42O4/c1-26(2)21-12-15-27(3)19-11-17-29(24(31)9-10-25(32)33)14-5-6-20(29)18(19)7-8-22(27)28(21,4)16-13-23(26)30/h9-10,18-22H,5-8,11-17H2,1-4H3,(H,32,33)/b10-9+/t18?,19?,20?,21?,22?,27-,28-,29-/m0/s1. The number of hydrogen-bond acceptors (Lipinski definition) is 3. The molecular formula is C29H42O4. The molecule has 0 spiro atoms. The van der Waals surface area contributed by atoms with Crippen molar-refractivity contribution in [2.24, 2.45) is 51.2 Å². The molecule has 5 unspecified atom stereocenters. The van der Waals surface area contributed by atoms with Crippen molar-refractivity contribution in [3.8, 4) is 0 Å². The summed E-state index contributed by atoms with van der Waals surface area (Å²) < 4.78 is 0. The molecule has 0 heterocycles. The number of aliphatic carboxylic acids is 1. The van der Waals surface area contributed by atoms with E-state index in [1.54, 1.807) is 0 Å². The third-order valence-electron chi connectivity index (χ3n) is 12.1. The van der Waals surface area contributed by atoms with Crippen LogP contribution in [0.4, 0.5) is 0 Å². The molecule has 5 fully saturated rings. The van der Waals surface area contributed by atoms with Crippen LogP contribution in [0, 0.1) is 51.2 Å². The second kappa shape index (κ2) is 7.52. The Morgan fingerprint density at radius 1 is 0.818 bits per heavy atom. The van der Waals surface area contributed by atoms with Crippen molar-refractivity contribution >= 4 is 17.5 Å². The van der Waals surface area contributed by atoms with Gasteiger partial charge in [0, 0.05) is 23.3 Å². The van der Waals surface area contributed by atoms with Crippen LogP contribution in [0.1, 0.15) is 98.3 Å². The lowest BCUT2D eigenvalue weighted by Gasteiger charge is -2.68. The highest BCUT2D eigenvalue weighted by Gasteiger charge is 2.66. The Bertz CT molecular complexity index is 901. The van der Waals surface area contributed by atoms with E-state index in [-0.39, 0.29) is 22.0 Å². The molecule has 0 radical (unpaired) electrons. The van der Waals surface area contributed by atoms with Gasteiger partial charge in [-0.3, -0.25) is 9.59 Å². The highest BCUT2D eigenvalue weighted by molar-refractivity contribution is 5.99. The van der Waals surface area contributed by atoms with Crippen LogP contribution in [0.3, 0.4) is 0 Å². The largest absolute Gasteiger partial charge is 0.478 e. The maximum Gasteiger partial charge on any atom is 0.328 e. The third-order valence-corrected chi connectivity index (χ3v) is 12.1. The van der Waals surface area contributed by atoms with Gasteiger partial charge in [0.15, 0.2) is 5.78 Å². The first-order valence-electron chi connectivity index (χ1n) is 13.5. The first kappa shape index (κ1) is 23.3. The van der Waals surface area contributed by atoms with Gasteiger partial charge in [-0.2, -0.15) is 0 Å². The van der Waals surface area contributed by atoms with E-state index in [1.165, 1.54) is 25.3 Å². The maximum atomic E-state index is 13.3. The summed E-state index contributed by atoms with van der Waals surface area (Å²) in [5.74, 6) is 2.30. The Labute approximate surface area is 199 Å². The summed E-state index contributed by atoms with van der Waals surface area (Å²) in [6, 6.07) is 0. The number of allylic oxidation sites excluding steroid dienone is 1. The molecule has 5 saturated carbocycles. The minimum atomic E-state index is -1.03. The number of fused-ring (bicyclic) bond motifs is 7. The van der Waals surface area contributed by atoms with Crippen LogP contribution in [0.25, 0.3) is 0 Å². The smallest absolute Gasteiger partial charge is 0.328 e. The average Bonchev–Trinajstić information content (AvgIpc) is 3.20. The lowest BCUT2D eigenvalue weighted by molar-refractivity contribution is -0.196. The minimum absolute atomic E-state index is 0.0707. The van der Waals surface area contributed by atoms with E-state index >= 15 is 0 Å². The minimum Gasteiger partial charge on any atom is -0.478 e. The van der Waals surface area contributed by atoms with Gasteiger partial charge in [0.05, 0.1) is 0 Å². The van der Waals surface area contributed by atoms with Crippen LogP contribution in [0.15, 0.2) is 12.2 Å². The van der Waals surface area contributed by atoms with Crippen molar-refractivity contribution in [3.05, 3.63) is 12.2 Å². The zero-order valence-electron chi connectivity index (χ0n) is 21.0. The number of Topliss-reactive ketones (excluding diaryl/α,β-unsaturated/α-hetero) is 1. The monoisotopic (exact) mass is 454 g/mol. The van der Waals surface area contributed by atoms with Crippen molar-refractivity contribution in [3.63, 3.8) is 0 Å². The van der Waals surface area contributed by atoms with E-state index in [0.29, 0.717) is 40.8 Å². The molecule has 0 aromatic rings. The zero-order chi connectivity index (χ0) is 23.8. The molecule has 33 heavy (non-hydrogen) atoms. The first-order chi connectivity index (χ1) is 15.5. The van der Waals surface area contributed by atoms with Crippen LogP contribution in [-0.4, -0.2) is 22.6 Å². The highest BCUT2D eigenvalue weighted by Crippen LogP contribution is 2.72. The van der Waals surface area contributed by atoms with Gasteiger partial charge < -0.3 is 5.11 Å². The Morgan fingerprint density at radius 2 is 1.58 bits per heavy atom. The number of carbonyl (C=O) groups is 3. The number of carbonyl (C=O) groups excluding carboxylic acids is 2. The molecule has 5 aliphatic carbocycles. The summed E-state index contributed by atoms with van der Waals surface area (Å²) >= 11 is 0. The molecule has 4 nitrogen and oxygen atoms in total. The fourth-order valence-electron chi connectivity index (χ4n) is 10.8. The summed E-state index contributed by atoms with van der Waals surface area (Å²) in [6.45, 7) is 9.48. The molecular weight excluding hydrogens is 412 g/mol. The van der Waals surface area contributed by atoms with Crippen molar-refractivity contribution in [1.29, 1.82) is 0 Å². The fraction of sp³-hybridized carbons (Fsp3) is 0.828. The molecule has 0 aliphatic heterocycles. The topological polar surface area (TPSA) is 71.4 Å². The van der Waals surface area contributed by atoms with Crippen LogP contribution in [0.2, 0.25) is 0 Å². The molecule has 0 aromatic carbocycles. The summed E-state index contributed by atoms with van der Waals surface area (Å²) in [4.78, 5) is 37.2. The van der Waals surface area contributed by atoms with E-state index in [0.717, 1.165) is 57.4 Å². The van der Waals surface area contributed by atoms with Gasteiger partial charge >= 0.3 is 5.97 Å². The average molecular weight is 455 g/mol. The molecule has 0 aromatic heterocycles. The van der Waals surface area contributed by atoms with Gasteiger partial charge in [-0.1, -0.05) is 34.1 Å². The number of carboxylic acids is 1. The van der Waals surface area contributed by atoms with Crippen LogP contribution in [-0.2, 0) is 14.4 Å². The predicted molar refractivity (Wildman–Crippen MR) is 127 cm³/mol. The normalized spacial score (nSPS) is 48.5. The van der Waals surface area contributed by atoms with Gasteiger partial charge in [-0.15, -0.1) is 0 Å². The molecule has 0 bridgehead atoms. The lowest BCUT2D eigenvalue weighted by atomic mass is 9.36. The highest BCUT2D eigenvalue weighted by atomic mass is 16.4. The molecule has 4 heteroatoms. The molecule has 5 aliphatic rings. The second-order valence-electron chi connectivity index (χ2n) is 13.4. The number of ketones is 2. The zero-order valence-corrected chi connectivity index (χ0v) is 21.0. The molecule has 182 valence electrons. The third kappa shape index (κ3) is 3.11. The summed E-state index contributed by atoms with van der Waals surface area (Å²) in [7, 11) is 0. The Balaban J connectivity index is 1.45. The molecule has 0 saturated heterocycles. The summed E-state index contributed by atoms with van der Waals surface area (Å²) in [5, 5.41) is 9.06. The maximum absolute atomic E-state index is 13.3. The van der Waals surface area contributed by atoms with Crippen molar-refractivity contribution in [2.45, 2.75) is 98.3 Å². The van der Waals surface area contributed by atoms with E-state index < -0.39 is 5.97 Å². The molecule has 5 rings (SSSR count). The lowest BCUT2D eigenvalue weighted by Crippen LogP contribution is -2.62. The van der Waals surface area contributed by atoms with Crippen LogP contribution >= 0.6 is 0 Å². The first-order valence-corrected chi connectivity index (χ1v) is 13.5. The van der Waals surface area contributed by atoms with E-state index in [4.69, 9.17) is 5.11 Å². The number of rotatable bonds is 3. The van der Waals surface area contributed by atoms with Crippen molar-refractivity contribution in [2.75, 3.05) is 0 Å². The SMILES string of the molecule is CC1(C)C(=O)CC[C@@]2(C)C1CC[C@@]1(C)C3CC[C@@]4(C(=O)/C=C/C(=O)O)CCCC4C3CCC12. The van der Waals surface area contributed by atoms with Gasteiger partial charge in [-0.25, -0.2) is 4.79 Å². The Kier molecular flexibility index (Phi) is 5.31. The second-order valence-corrected chi connectivity index (χ2v) is 13.4. The number of hydrogen-bond donors (Lipinski definition) is 1. The predicted octanol–water partition coefficient (Wildman–Crippen LogP) is 6.23. The van der Waals surface area contributed by atoms with Gasteiger partial charge in [0.25, 0.3) is 0 Å². The van der Waals surface area contributed by atoms with Gasteiger partial charge in [0.1, 0.15) is 5.78 Å².